The van der Waals surface area contributed by atoms with Gasteiger partial charge >= 0.3 is 0 Å². The van der Waals surface area contributed by atoms with Crippen LogP contribution in [0.3, 0.4) is 0 Å². The maximum absolute atomic E-state index is 12.7. The topological polar surface area (TPSA) is 114 Å². The number of likely N-dealkylation sites (tertiary alicyclic amines) is 1. The fourth-order valence-corrected chi connectivity index (χ4v) is 3.62. The molecule has 1 saturated heterocycles. The van der Waals surface area contributed by atoms with E-state index >= 15 is 0 Å². The molecule has 0 bridgehead atoms. The van der Waals surface area contributed by atoms with Gasteiger partial charge in [-0.05, 0) is 56.9 Å². The highest BCUT2D eigenvalue weighted by atomic mass is 16.2. The second kappa shape index (κ2) is 7.92. The number of hydrogen-bond acceptors (Lipinski definition) is 5. The molecule has 0 aliphatic carbocycles. The van der Waals surface area contributed by atoms with Gasteiger partial charge in [-0.15, -0.1) is 0 Å². The molecule has 0 spiro atoms. The molecular weight excluding hydrogens is 342 g/mol. The minimum atomic E-state index is -0.464. The van der Waals surface area contributed by atoms with Crippen molar-refractivity contribution >= 4 is 28.4 Å². The molecule has 1 fully saturated rings. The molecule has 5 N–H and O–H groups in total. The first-order chi connectivity index (χ1) is 12.9. The zero-order chi connectivity index (χ0) is 19.6. The molecule has 1 aromatic heterocycles. The summed E-state index contributed by atoms with van der Waals surface area (Å²) in [5.74, 6) is 0.201. The second-order valence-electron chi connectivity index (χ2n) is 7.35. The Bertz CT molecular complexity index is 843. The maximum atomic E-state index is 12.7. The number of nitrogens with two attached hydrogens (primary N) is 2. The molecule has 1 aliphatic rings. The van der Waals surface area contributed by atoms with Gasteiger partial charge in [0.1, 0.15) is 0 Å². The first kappa shape index (κ1) is 19.1. The molecule has 2 amide bonds. The standard InChI is InChI=1S/C20H27N5O2/c1-12(21)20(27)25-9-6-14(7-10-25)13(2)24-19(26)15-3-4-18-16(11-15)17(22)5-8-23-18/h3-5,8,11-14H,6-7,9-10,21H2,1-2H3,(H2,22,23)(H,24,26). The van der Waals surface area contributed by atoms with Crippen LogP contribution in [0.1, 0.15) is 37.0 Å². The Morgan fingerprint density at radius 1 is 1.22 bits per heavy atom. The lowest BCUT2D eigenvalue weighted by molar-refractivity contribution is -0.133. The van der Waals surface area contributed by atoms with E-state index in [0.29, 0.717) is 30.3 Å². The number of rotatable bonds is 4. The van der Waals surface area contributed by atoms with E-state index in [4.69, 9.17) is 11.5 Å². The molecule has 27 heavy (non-hydrogen) atoms. The lowest BCUT2D eigenvalue weighted by atomic mass is 9.90. The number of pyridine rings is 1. The van der Waals surface area contributed by atoms with Gasteiger partial charge in [0.05, 0.1) is 11.6 Å². The van der Waals surface area contributed by atoms with Crippen molar-refractivity contribution < 1.29 is 9.59 Å². The van der Waals surface area contributed by atoms with Crippen molar-refractivity contribution in [1.82, 2.24) is 15.2 Å². The Kier molecular flexibility index (Phi) is 5.60. The molecule has 2 unspecified atom stereocenters. The molecule has 0 saturated carbocycles. The van der Waals surface area contributed by atoms with E-state index in [1.54, 1.807) is 31.3 Å². The summed E-state index contributed by atoms with van der Waals surface area (Å²) in [6.45, 7) is 5.10. The highest BCUT2D eigenvalue weighted by Crippen LogP contribution is 2.23. The monoisotopic (exact) mass is 369 g/mol. The number of carbonyl (C=O) groups is 2. The van der Waals surface area contributed by atoms with Crippen LogP contribution >= 0.6 is 0 Å². The first-order valence-corrected chi connectivity index (χ1v) is 9.36. The number of anilines is 1. The van der Waals surface area contributed by atoms with Crippen LogP contribution in [0.25, 0.3) is 10.9 Å². The molecule has 7 nitrogen and oxygen atoms in total. The van der Waals surface area contributed by atoms with Crippen LogP contribution in [0, 0.1) is 5.92 Å². The minimum absolute atomic E-state index is 0.00694. The fourth-order valence-electron chi connectivity index (χ4n) is 3.62. The average molecular weight is 369 g/mol. The summed E-state index contributed by atoms with van der Waals surface area (Å²) in [6, 6.07) is 6.64. The zero-order valence-corrected chi connectivity index (χ0v) is 15.8. The molecule has 144 valence electrons. The summed E-state index contributed by atoms with van der Waals surface area (Å²) in [6.07, 6.45) is 3.37. The SMILES string of the molecule is CC(N)C(=O)N1CCC(C(C)NC(=O)c2ccc3nccc(N)c3c2)CC1. The van der Waals surface area contributed by atoms with Gasteiger partial charge < -0.3 is 21.7 Å². The van der Waals surface area contributed by atoms with Gasteiger partial charge in [0.2, 0.25) is 5.91 Å². The molecule has 7 heteroatoms. The molecule has 0 radical (unpaired) electrons. The normalized spacial score (nSPS) is 17.5. The van der Waals surface area contributed by atoms with Crippen LogP contribution in [-0.4, -0.2) is 46.9 Å². The number of carbonyl (C=O) groups excluding carboxylic acids is 2. The van der Waals surface area contributed by atoms with E-state index in [2.05, 4.69) is 10.3 Å². The number of hydrogen-bond donors (Lipinski definition) is 3. The molecule has 2 heterocycles. The number of nitrogen functional groups attached to an aromatic ring is 1. The average Bonchev–Trinajstić information content (AvgIpc) is 2.67. The quantitative estimate of drug-likeness (QED) is 0.756. The predicted octanol–water partition coefficient (Wildman–Crippen LogP) is 1.52. The van der Waals surface area contributed by atoms with Crippen LogP contribution in [0.5, 0.6) is 0 Å². The van der Waals surface area contributed by atoms with Crippen molar-refractivity contribution in [3.63, 3.8) is 0 Å². The third kappa shape index (κ3) is 4.19. The van der Waals surface area contributed by atoms with Gasteiger partial charge in [0.15, 0.2) is 0 Å². The third-order valence-electron chi connectivity index (χ3n) is 5.34. The molecule has 1 aliphatic heterocycles. The largest absolute Gasteiger partial charge is 0.398 e. The maximum Gasteiger partial charge on any atom is 0.251 e. The predicted molar refractivity (Wildman–Crippen MR) is 106 cm³/mol. The highest BCUT2D eigenvalue weighted by molar-refractivity contribution is 6.00. The summed E-state index contributed by atoms with van der Waals surface area (Å²) in [5, 5.41) is 3.87. The molecule has 2 aromatic rings. The lowest BCUT2D eigenvalue weighted by Gasteiger charge is -2.35. The number of nitrogens with one attached hydrogen (secondary N) is 1. The third-order valence-corrected chi connectivity index (χ3v) is 5.34. The summed E-state index contributed by atoms with van der Waals surface area (Å²) >= 11 is 0. The molecule has 1 aromatic carbocycles. The van der Waals surface area contributed by atoms with Crippen molar-refractivity contribution in [3.8, 4) is 0 Å². The van der Waals surface area contributed by atoms with E-state index in [1.165, 1.54) is 0 Å². The second-order valence-corrected chi connectivity index (χ2v) is 7.35. The summed E-state index contributed by atoms with van der Waals surface area (Å²) in [5.41, 5.74) is 13.6. The number of aromatic nitrogens is 1. The van der Waals surface area contributed by atoms with Crippen molar-refractivity contribution in [2.24, 2.45) is 11.7 Å². The molecule has 3 rings (SSSR count). The minimum Gasteiger partial charge on any atom is -0.398 e. The van der Waals surface area contributed by atoms with E-state index < -0.39 is 6.04 Å². The van der Waals surface area contributed by atoms with Gasteiger partial charge in [0, 0.05) is 42.0 Å². The Morgan fingerprint density at radius 3 is 2.59 bits per heavy atom. The smallest absolute Gasteiger partial charge is 0.251 e. The molecule has 2 atom stereocenters. The summed E-state index contributed by atoms with van der Waals surface area (Å²) in [7, 11) is 0. The highest BCUT2D eigenvalue weighted by Gasteiger charge is 2.28. The van der Waals surface area contributed by atoms with E-state index in [1.807, 2.05) is 17.9 Å². The Hall–Kier alpha value is -2.67. The van der Waals surface area contributed by atoms with Crippen LogP contribution < -0.4 is 16.8 Å². The first-order valence-electron chi connectivity index (χ1n) is 9.36. The number of piperidine rings is 1. The Labute approximate surface area is 159 Å². The Morgan fingerprint density at radius 2 is 1.93 bits per heavy atom. The number of benzene rings is 1. The van der Waals surface area contributed by atoms with Gasteiger partial charge in [-0.1, -0.05) is 0 Å². The van der Waals surface area contributed by atoms with Crippen molar-refractivity contribution in [2.45, 2.75) is 38.8 Å². The van der Waals surface area contributed by atoms with Crippen LogP contribution in [0.4, 0.5) is 5.69 Å². The van der Waals surface area contributed by atoms with Crippen molar-refractivity contribution in [2.75, 3.05) is 18.8 Å². The number of amides is 2. The molecular formula is C20H27N5O2. The van der Waals surface area contributed by atoms with Gasteiger partial charge in [-0.25, -0.2) is 0 Å². The lowest BCUT2D eigenvalue weighted by Crippen LogP contribution is -2.49. The van der Waals surface area contributed by atoms with Gasteiger partial charge in [-0.3, -0.25) is 14.6 Å². The van der Waals surface area contributed by atoms with Gasteiger partial charge in [0.25, 0.3) is 5.91 Å². The zero-order valence-electron chi connectivity index (χ0n) is 15.8. The van der Waals surface area contributed by atoms with Gasteiger partial charge in [-0.2, -0.15) is 0 Å². The van der Waals surface area contributed by atoms with E-state index in [9.17, 15) is 9.59 Å². The summed E-state index contributed by atoms with van der Waals surface area (Å²) < 4.78 is 0. The van der Waals surface area contributed by atoms with Crippen LogP contribution in [0.15, 0.2) is 30.5 Å². The fraction of sp³-hybridized carbons (Fsp3) is 0.450. The van der Waals surface area contributed by atoms with E-state index in [-0.39, 0.29) is 17.9 Å². The van der Waals surface area contributed by atoms with Crippen molar-refractivity contribution in [1.29, 1.82) is 0 Å². The van der Waals surface area contributed by atoms with Crippen LogP contribution in [-0.2, 0) is 4.79 Å². The van der Waals surface area contributed by atoms with Crippen molar-refractivity contribution in [3.05, 3.63) is 36.0 Å². The number of fused-ring (bicyclic) bond motifs is 1. The van der Waals surface area contributed by atoms with E-state index in [0.717, 1.165) is 23.7 Å². The van der Waals surface area contributed by atoms with Crippen LogP contribution in [0.2, 0.25) is 0 Å². The number of nitrogens with zero attached hydrogens (tertiary/aromatic N) is 2. The summed E-state index contributed by atoms with van der Waals surface area (Å²) in [4.78, 5) is 30.7. The Balaban J connectivity index is 1.61.